The molecule has 0 unspecified atom stereocenters. The Morgan fingerprint density at radius 1 is 1.19 bits per heavy atom. The van der Waals surface area contributed by atoms with Gasteiger partial charge in [0.05, 0.1) is 17.8 Å². The number of sulfonamides is 1. The van der Waals surface area contributed by atoms with E-state index in [2.05, 4.69) is 5.32 Å². The lowest BCUT2D eigenvalue weighted by Crippen LogP contribution is -2.33. The molecule has 0 aliphatic carbocycles. The lowest BCUT2D eigenvalue weighted by molar-refractivity contribution is -0.113. The van der Waals surface area contributed by atoms with E-state index in [1.54, 1.807) is 26.3 Å². The lowest BCUT2D eigenvalue weighted by Gasteiger charge is -2.21. The summed E-state index contributed by atoms with van der Waals surface area (Å²) in [6.45, 7) is 3.62. The molecular formula is C19H24N2O4S2. The second-order valence-corrected chi connectivity index (χ2v) is 9.20. The summed E-state index contributed by atoms with van der Waals surface area (Å²) in [5.41, 5.74) is 0.553. The van der Waals surface area contributed by atoms with Crippen LogP contribution >= 0.6 is 11.8 Å². The highest BCUT2D eigenvalue weighted by atomic mass is 32.2. The van der Waals surface area contributed by atoms with Crippen LogP contribution in [-0.2, 0) is 14.8 Å². The van der Waals surface area contributed by atoms with E-state index >= 15 is 0 Å². The fraction of sp³-hybridized carbons (Fsp3) is 0.316. The highest BCUT2D eigenvalue weighted by Crippen LogP contribution is 2.23. The summed E-state index contributed by atoms with van der Waals surface area (Å²) in [7, 11) is -0.388. The molecule has 2 aromatic carbocycles. The predicted molar refractivity (Wildman–Crippen MR) is 109 cm³/mol. The van der Waals surface area contributed by atoms with Crippen molar-refractivity contribution >= 4 is 33.4 Å². The number of carbonyl (C=O) groups is 1. The first kappa shape index (κ1) is 21.3. The zero-order valence-electron chi connectivity index (χ0n) is 15.8. The van der Waals surface area contributed by atoms with E-state index in [1.165, 1.54) is 28.2 Å². The molecule has 1 amide bonds. The van der Waals surface area contributed by atoms with Crippen molar-refractivity contribution in [3.63, 3.8) is 0 Å². The van der Waals surface area contributed by atoms with Gasteiger partial charge in [-0.2, -0.15) is 4.31 Å². The van der Waals surface area contributed by atoms with E-state index in [1.807, 2.05) is 38.1 Å². The minimum atomic E-state index is -3.53. The quantitative estimate of drug-likeness (QED) is 0.677. The molecule has 0 atom stereocenters. The highest BCUT2D eigenvalue weighted by Gasteiger charge is 2.22. The molecule has 27 heavy (non-hydrogen) atoms. The largest absolute Gasteiger partial charge is 0.497 e. The Hall–Kier alpha value is -2.03. The highest BCUT2D eigenvalue weighted by molar-refractivity contribution is 8.00. The summed E-state index contributed by atoms with van der Waals surface area (Å²) in [6, 6.07) is 13.5. The summed E-state index contributed by atoms with van der Waals surface area (Å²) in [5, 5.41) is 2.77. The summed E-state index contributed by atoms with van der Waals surface area (Å²) >= 11 is 1.40. The molecule has 0 saturated carbocycles. The van der Waals surface area contributed by atoms with Gasteiger partial charge in [-0.05, 0) is 56.3 Å². The first-order valence-electron chi connectivity index (χ1n) is 8.39. The average molecular weight is 409 g/mol. The molecule has 2 rings (SSSR count). The fourth-order valence-corrected chi connectivity index (χ4v) is 4.30. The van der Waals surface area contributed by atoms with Gasteiger partial charge in [0, 0.05) is 23.7 Å². The Bertz CT molecular complexity index is 881. The van der Waals surface area contributed by atoms with Crippen LogP contribution in [0.25, 0.3) is 0 Å². The lowest BCUT2D eigenvalue weighted by atomic mass is 10.3. The van der Waals surface area contributed by atoms with Crippen LogP contribution in [0.2, 0.25) is 0 Å². The standard InChI is InChI=1S/C19H24N2O4S2/c1-14(2)21(3)27(23,24)18-10-8-15(9-11-18)20-19(22)13-26-17-7-5-6-16(12-17)25-4/h5-12,14H,13H2,1-4H3,(H,20,22). The maximum absolute atomic E-state index is 12.4. The second kappa shape index (κ2) is 9.25. The maximum atomic E-state index is 12.4. The van der Waals surface area contributed by atoms with Gasteiger partial charge >= 0.3 is 0 Å². The Morgan fingerprint density at radius 2 is 1.85 bits per heavy atom. The summed E-state index contributed by atoms with van der Waals surface area (Å²) in [6.07, 6.45) is 0. The number of hydrogen-bond acceptors (Lipinski definition) is 5. The maximum Gasteiger partial charge on any atom is 0.243 e. The summed E-state index contributed by atoms with van der Waals surface area (Å²) in [5.74, 6) is 0.810. The van der Waals surface area contributed by atoms with Crippen LogP contribution in [0.15, 0.2) is 58.3 Å². The number of anilines is 1. The van der Waals surface area contributed by atoms with Gasteiger partial charge in [-0.15, -0.1) is 11.8 Å². The zero-order valence-corrected chi connectivity index (χ0v) is 17.4. The average Bonchev–Trinajstić information content (AvgIpc) is 2.66. The molecule has 0 aromatic heterocycles. The number of methoxy groups -OCH3 is 1. The van der Waals surface area contributed by atoms with E-state index in [0.29, 0.717) is 5.69 Å². The number of carbonyl (C=O) groups excluding carboxylic acids is 1. The SMILES string of the molecule is COc1cccc(SCC(=O)Nc2ccc(S(=O)(=O)N(C)C(C)C)cc2)c1. The first-order valence-corrected chi connectivity index (χ1v) is 10.8. The van der Waals surface area contributed by atoms with Crippen molar-refractivity contribution in [2.75, 3.05) is 25.2 Å². The van der Waals surface area contributed by atoms with E-state index in [4.69, 9.17) is 4.74 Å². The van der Waals surface area contributed by atoms with Crippen molar-refractivity contribution in [3.8, 4) is 5.75 Å². The molecule has 146 valence electrons. The van der Waals surface area contributed by atoms with Gasteiger partial charge in [0.15, 0.2) is 0 Å². The molecule has 0 radical (unpaired) electrons. The van der Waals surface area contributed by atoms with Crippen LogP contribution < -0.4 is 10.1 Å². The van der Waals surface area contributed by atoms with Gasteiger partial charge in [-0.3, -0.25) is 4.79 Å². The van der Waals surface area contributed by atoms with Crippen molar-refractivity contribution < 1.29 is 17.9 Å². The van der Waals surface area contributed by atoms with E-state index < -0.39 is 10.0 Å². The number of amides is 1. The number of benzene rings is 2. The molecule has 0 fully saturated rings. The number of ether oxygens (including phenoxy) is 1. The number of nitrogens with one attached hydrogen (secondary N) is 1. The Balaban J connectivity index is 1.96. The van der Waals surface area contributed by atoms with Crippen molar-refractivity contribution in [1.29, 1.82) is 0 Å². The van der Waals surface area contributed by atoms with Crippen molar-refractivity contribution in [2.24, 2.45) is 0 Å². The molecule has 0 bridgehead atoms. The van der Waals surface area contributed by atoms with Gasteiger partial charge in [0.1, 0.15) is 5.75 Å². The Labute approximate surface area is 165 Å². The van der Waals surface area contributed by atoms with Gasteiger partial charge in [-0.25, -0.2) is 8.42 Å². The summed E-state index contributed by atoms with van der Waals surface area (Å²) in [4.78, 5) is 13.3. The molecule has 0 heterocycles. The number of nitrogens with zero attached hydrogens (tertiary/aromatic N) is 1. The molecule has 0 aliphatic rings. The molecular weight excluding hydrogens is 384 g/mol. The van der Waals surface area contributed by atoms with Gasteiger partial charge in [0.2, 0.25) is 15.9 Å². The van der Waals surface area contributed by atoms with Crippen molar-refractivity contribution in [3.05, 3.63) is 48.5 Å². The molecule has 0 aliphatic heterocycles. The van der Waals surface area contributed by atoms with Gasteiger partial charge in [-0.1, -0.05) is 6.07 Å². The van der Waals surface area contributed by atoms with Crippen LogP contribution in [-0.4, -0.2) is 44.6 Å². The van der Waals surface area contributed by atoms with E-state index in [0.717, 1.165) is 10.6 Å². The van der Waals surface area contributed by atoms with Crippen molar-refractivity contribution in [1.82, 2.24) is 4.31 Å². The van der Waals surface area contributed by atoms with Crippen LogP contribution in [0.1, 0.15) is 13.8 Å². The monoisotopic (exact) mass is 408 g/mol. The third kappa shape index (κ3) is 5.72. The van der Waals surface area contributed by atoms with Crippen LogP contribution in [0.3, 0.4) is 0 Å². The number of rotatable bonds is 8. The third-order valence-corrected chi connectivity index (χ3v) is 6.99. The van der Waals surface area contributed by atoms with Crippen LogP contribution in [0, 0.1) is 0 Å². The Kier molecular flexibility index (Phi) is 7.29. The van der Waals surface area contributed by atoms with Gasteiger partial charge in [0.25, 0.3) is 0 Å². The minimum Gasteiger partial charge on any atom is -0.497 e. The fourth-order valence-electron chi connectivity index (χ4n) is 2.19. The Morgan fingerprint density at radius 3 is 2.44 bits per heavy atom. The second-order valence-electron chi connectivity index (χ2n) is 6.16. The summed E-state index contributed by atoms with van der Waals surface area (Å²) < 4.78 is 31.4. The van der Waals surface area contributed by atoms with Crippen LogP contribution in [0.5, 0.6) is 5.75 Å². The molecule has 6 nitrogen and oxygen atoms in total. The van der Waals surface area contributed by atoms with E-state index in [-0.39, 0.29) is 22.6 Å². The first-order chi connectivity index (χ1) is 12.7. The molecule has 8 heteroatoms. The van der Waals surface area contributed by atoms with Gasteiger partial charge < -0.3 is 10.1 Å². The van der Waals surface area contributed by atoms with Crippen molar-refractivity contribution in [2.45, 2.75) is 29.7 Å². The molecule has 0 saturated heterocycles. The molecule has 1 N–H and O–H groups in total. The topological polar surface area (TPSA) is 75.7 Å². The predicted octanol–water partition coefficient (Wildman–Crippen LogP) is 3.45. The minimum absolute atomic E-state index is 0.136. The third-order valence-electron chi connectivity index (χ3n) is 3.95. The number of hydrogen-bond donors (Lipinski definition) is 1. The normalized spacial score (nSPS) is 11.6. The number of thioether (sulfide) groups is 1. The van der Waals surface area contributed by atoms with Crippen LogP contribution in [0.4, 0.5) is 5.69 Å². The van der Waals surface area contributed by atoms with E-state index in [9.17, 15) is 13.2 Å². The zero-order chi connectivity index (χ0) is 20.0. The smallest absolute Gasteiger partial charge is 0.243 e. The molecule has 2 aromatic rings. The molecule has 0 spiro atoms.